The summed E-state index contributed by atoms with van der Waals surface area (Å²) in [5.74, 6) is 2.31. The van der Waals surface area contributed by atoms with Crippen LogP contribution in [0.25, 0.3) is 0 Å². The number of methoxy groups -OCH3 is 1. The van der Waals surface area contributed by atoms with E-state index >= 15 is 0 Å². The van der Waals surface area contributed by atoms with Gasteiger partial charge in [-0.2, -0.15) is 15.1 Å². The number of hydrazone groups is 1. The van der Waals surface area contributed by atoms with Crippen LogP contribution in [0.2, 0.25) is 0 Å². The van der Waals surface area contributed by atoms with E-state index in [-0.39, 0.29) is 0 Å². The predicted molar refractivity (Wildman–Crippen MR) is 129 cm³/mol. The lowest BCUT2D eigenvalue weighted by Crippen LogP contribution is -2.39. The minimum Gasteiger partial charge on any atom is -0.497 e. The van der Waals surface area contributed by atoms with E-state index in [1.807, 2.05) is 12.1 Å². The van der Waals surface area contributed by atoms with Gasteiger partial charge in [-0.15, -0.1) is 0 Å². The van der Waals surface area contributed by atoms with Gasteiger partial charge in [0.1, 0.15) is 18.2 Å². The van der Waals surface area contributed by atoms with Crippen molar-refractivity contribution in [2.45, 2.75) is 12.8 Å². The molecule has 1 aromatic carbocycles. The number of hydrogen-bond acceptors (Lipinski definition) is 10. The molecule has 5 rings (SSSR count). The van der Waals surface area contributed by atoms with Crippen LogP contribution in [0.3, 0.4) is 0 Å². The summed E-state index contributed by atoms with van der Waals surface area (Å²) in [6, 6.07) is 8.41. The molecular formula is C24H32N6O4. The monoisotopic (exact) mass is 468 g/mol. The molecule has 182 valence electrons. The lowest BCUT2D eigenvalue weighted by atomic mass is 10.1. The van der Waals surface area contributed by atoms with Crippen molar-refractivity contribution in [3.63, 3.8) is 0 Å². The number of nitrogens with zero attached hydrogens (tertiary/aromatic N) is 5. The number of rotatable bonds is 8. The van der Waals surface area contributed by atoms with E-state index in [2.05, 4.69) is 42.4 Å². The third-order valence-corrected chi connectivity index (χ3v) is 6.33. The quantitative estimate of drug-likeness (QED) is 0.582. The van der Waals surface area contributed by atoms with Crippen LogP contribution in [0.1, 0.15) is 17.5 Å². The summed E-state index contributed by atoms with van der Waals surface area (Å²) in [5.41, 5.74) is 6.57. The van der Waals surface area contributed by atoms with E-state index in [4.69, 9.17) is 18.9 Å². The summed E-state index contributed by atoms with van der Waals surface area (Å²) in [5, 5.41) is 4.69. The Morgan fingerprint density at radius 2 is 1.79 bits per heavy atom. The second-order valence-electron chi connectivity index (χ2n) is 8.49. The van der Waals surface area contributed by atoms with Gasteiger partial charge in [0.05, 0.1) is 39.2 Å². The highest BCUT2D eigenvalue weighted by molar-refractivity contribution is 6.05. The normalized spacial score (nSPS) is 19.8. The maximum Gasteiger partial charge on any atom is 0.320 e. The zero-order valence-corrected chi connectivity index (χ0v) is 19.7. The van der Waals surface area contributed by atoms with Crippen LogP contribution >= 0.6 is 0 Å². The fourth-order valence-corrected chi connectivity index (χ4v) is 4.39. The van der Waals surface area contributed by atoms with Crippen molar-refractivity contribution >= 4 is 17.3 Å². The van der Waals surface area contributed by atoms with Crippen LogP contribution in [0.4, 0.5) is 11.6 Å². The van der Waals surface area contributed by atoms with E-state index in [1.165, 1.54) is 5.56 Å². The molecular weight excluding hydrogens is 436 g/mol. The lowest BCUT2D eigenvalue weighted by Gasteiger charge is -2.28. The van der Waals surface area contributed by atoms with Gasteiger partial charge in [0, 0.05) is 44.4 Å². The molecule has 2 aliphatic heterocycles. The highest BCUT2D eigenvalue weighted by Crippen LogP contribution is 2.27. The molecule has 3 heterocycles. The lowest BCUT2D eigenvalue weighted by molar-refractivity contribution is 0.0317. The van der Waals surface area contributed by atoms with Crippen LogP contribution in [0.15, 0.2) is 29.4 Å². The van der Waals surface area contributed by atoms with Crippen LogP contribution in [-0.2, 0) is 15.9 Å². The third-order valence-electron chi connectivity index (χ3n) is 6.33. The molecule has 0 bridgehead atoms. The van der Waals surface area contributed by atoms with E-state index in [0.717, 1.165) is 81.6 Å². The van der Waals surface area contributed by atoms with Crippen molar-refractivity contribution in [3.8, 4) is 11.8 Å². The number of nitrogens with one attached hydrogen (secondary N) is 1. The minimum absolute atomic E-state index is 0.358. The molecule has 2 aromatic rings. The topological polar surface area (TPSA) is 93.6 Å². The van der Waals surface area contributed by atoms with E-state index in [1.54, 1.807) is 7.11 Å². The average Bonchev–Trinajstić information content (AvgIpc) is 3.30. The number of hydrogen-bond donors (Lipinski definition) is 1. The highest BCUT2D eigenvalue weighted by atomic mass is 16.5. The molecule has 10 heteroatoms. The molecule has 0 amide bonds. The van der Waals surface area contributed by atoms with Crippen molar-refractivity contribution in [3.05, 3.63) is 35.4 Å². The van der Waals surface area contributed by atoms with E-state index in [9.17, 15) is 0 Å². The molecule has 2 saturated heterocycles. The second kappa shape index (κ2) is 11.0. The smallest absolute Gasteiger partial charge is 0.320 e. The molecule has 0 radical (unpaired) electrons. The Labute approximate surface area is 199 Å². The standard InChI is InChI=1S/C24H32N6O4/c1-31-19-3-4-20-18(16-19)2-5-21(20)27-28-22-17-23(30-9-13-33-14-10-30)26-24(25-22)34-15-8-29-6-11-32-12-7-29/h3-4,16-17H,2,5-15H2,1H3,(H,25,26,28). The van der Waals surface area contributed by atoms with Gasteiger partial charge >= 0.3 is 6.01 Å². The third kappa shape index (κ3) is 5.57. The zero-order valence-electron chi connectivity index (χ0n) is 19.7. The number of morpholine rings is 2. The average molecular weight is 469 g/mol. The van der Waals surface area contributed by atoms with Gasteiger partial charge in [-0.1, -0.05) is 0 Å². The van der Waals surface area contributed by atoms with E-state index in [0.29, 0.717) is 31.6 Å². The Hall–Kier alpha value is -2.95. The number of benzene rings is 1. The fourth-order valence-electron chi connectivity index (χ4n) is 4.39. The molecule has 2 fully saturated rings. The van der Waals surface area contributed by atoms with Crippen molar-refractivity contribution in [2.24, 2.45) is 5.10 Å². The van der Waals surface area contributed by atoms with Crippen molar-refractivity contribution in [1.82, 2.24) is 14.9 Å². The molecule has 1 aliphatic carbocycles. The second-order valence-corrected chi connectivity index (χ2v) is 8.49. The Balaban J connectivity index is 1.30. The SMILES string of the molecule is COc1ccc2c(c1)CCC2=NNc1cc(N2CCOCC2)nc(OCCN2CCOCC2)n1. The summed E-state index contributed by atoms with van der Waals surface area (Å²) < 4.78 is 22.2. The Morgan fingerprint density at radius 1 is 1.00 bits per heavy atom. The van der Waals surface area contributed by atoms with Gasteiger partial charge in [-0.3, -0.25) is 10.3 Å². The molecule has 0 saturated carbocycles. The first-order valence-corrected chi connectivity index (χ1v) is 11.9. The summed E-state index contributed by atoms with van der Waals surface area (Å²) in [6.45, 7) is 7.67. The van der Waals surface area contributed by atoms with Crippen molar-refractivity contribution < 1.29 is 18.9 Å². The summed E-state index contributed by atoms with van der Waals surface area (Å²) >= 11 is 0. The molecule has 0 atom stereocenters. The zero-order chi connectivity index (χ0) is 23.2. The number of aryl methyl sites for hydroxylation is 1. The molecule has 1 N–H and O–H groups in total. The van der Waals surface area contributed by atoms with Crippen LogP contribution in [-0.4, -0.2) is 93.4 Å². The molecule has 0 spiro atoms. The molecule has 3 aliphatic rings. The molecule has 1 aromatic heterocycles. The molecule has 0 unspecified atom stereocenters. The summed E-state index contributed by atoms with van der Waals surface area (Å²) in [4.78, 5) is 13.8. The maximum atomic E-state index is 5.97. The van der Waals surface area contributed by atoms with Crippen molar-refractivity contribution in [1.29, 1.82) is 0 Å². The first-order valence-electron chi connectivity index (χ1n) is 11.9. The first kappa shape index (κ1) is 22.8. The van der Waals surface area contributed by atoms with Gasteiger partial charge in [-0.05, 0) is 36.6 Å². The van der Waals surface area contributed by atoms with Crippen LogP contribution < -0.4 is 19.8 Å². The van der Waals surface area contributed by atoms with Gasteiger partial charge in [-0.25, -0.2) is 0 Å². The molecule has 10 nitrogen and oxygen atoms in total. The number of ether oxygens (including phenoxy) is 4. The number of aromatic nitrogens is 2. The van der Waals surface area contributed by atoms with Crippen molar-refractivity contribution in [2.75, 3.05) is 83.2 Å². The first-order chi connectivity index (χ1) is 16.8. The minimum atomic E-state index is 0.358. The Bertz CT molecular complexity index is 1000. The predicted octanol–water partition coefficient (Wildman–Crippen LogP) is 1.80. The van der Waals surface area contributed by atoms with Gasteiger partial charge in [0.15, 0.2) is 5.82 Å². The van der Waals surface area contributed by atoms with E-state index < -0.39 is 0 Å². The maximum absolute atomic E-state index is 5.97. The number of fused-ring (bicyclic) bond motifs is 1. The number of anilines is 2. The highest BCUT2D eigenvalue weighted by Gasteiger charge is 2.20. The summed E-state index contributed by atoms with van der Waals surface area (Å²) in [6.07, 6.45) is 1.82. The summed E-state index contributed by atoms with van der Waals surface area (Å²) in [7, 11) is 1.69. The molecule has 34 heavy (non-hydrogen) atoms. The Kier molecular flexibility index (Phi) is 7.37. The fraction of sp³-hybridized carbons (Fsp3) is 0.542. The van der Waals surface area contributed by atoms with Gasteiger partial charge < -0.3 is 23.8 Å². The Morgan fingerprint density at radius 3 is 2.59 bits per heavy atom. The van der Waals surface area contributed by atoms with Gasteiger partial charge in [0.25, 0.3) is 0 Å². The van der Waals surface area contributed by atoms with Crippen LogP contribution in [0, 0.1) is 0 Å². The largest absolute Gasteiger partial charge is 0.497 e. The van der Waals surface area contributed by atoms with Gasteiger partial charge in [0.2, 0.25) is 0 Å². The van der Waals surface area contributed by atoms with Crippen LogP contribution in [0.5, 0.6) is 11.8 Å².